The van der Waals surface area contributed by atoms with E-state index in [1.54, 1.807) is 14.2 Å². The summed E-state index contributed by atoms with van der Waals surface area (Å²) in [4.78, 5) is 4.47. The van der Waals surface area contributed by atoms with Crippen molar-refractivity contribution in [1.82, 2.24) is 14.8 Å². The van der Waals surface area contributed by atoms with Crippen LogP contribution >= 0.6 is 0 Å². The van der Waals surface area contributed by atoms with E-state index in [-0.39, 0.29) is 12.3 Å². The van der Waals surface area contributed by atoms with Crippen molar-refractivity contribution >= 4 is 16.9 Å². The third kappa shape index (κ3) is 1.97. The number of pyridine rings is 1. The van der Waals surface area contributed by atoms with E-state index in [1.807, 2.05) is 17.7 Å². The van der Waals surface area contributed by atoms with Crippen LogP contribution in [-0.4, -0.2) is 41.8 Å². The maximum Gasteiger partial charge on any atom is 0.183 e. The summed E-state index contributed by atoms with van der Waals surface area (Å²) < 4.78 is 12.7. The van der Waals surface area contributed by atoms with Crippen LogP contribution in [-0.2, 0) is 9.47 Å². The number of rotatable bonds is 3. The molecule has 0 radical (unpaired) electrons. The van der Waals surface area contributed by atoms with E-state index in [1.165, 1.54) is 0 Å². The minimum atomic E-state index is -0.295. The smallest absolute Gasteiger partial charge is 0.183 e. The number of methoxy groups -OCH3 is 2. The molecule has 1 aliphatic rings. The molecule has 0 amide bonds. The first-order chi connectivity index (χ1) is 9.24. The van der Waals surface area contributed by atoms with Crippen LogP contribution in [0.3, 0.4) is 0 Å². The van der Waals surface area contributed by atoms with Gasteiger partial charge in [0.15, 0.2) is 11.9 Å². The zero-order valence-corrected chi connectivity index (χ0v) is 11.4. The number of ether oxygens (including phenoxy) is 2. The van der Waals surface area contributed by atoms with Crippen molar-refractivity contribution in [2.45, 2.75) is 25.7 Å². The molecule has 0 aliphatic carbocycles. The summed E-state index contributed by atoms with van der Waals surface area (Å²) in [5.41, 5.74) is 1.73. The Morgan fingerprint density at radius 2 is 2.16 bits per heavy atom. The Morgan fingerprint density at radius 3 is 2.89 bits per heavy atom. The van der Waals surface area contributed by atoms with Crippen molar-refractivity contribution < 1.29 is 9.47 Å². The molecule has 0 fully saturated rings. The number of nitrogens with one attached hydrogen (secondary N) is 1. The third-order valence-corrected chi connectivity index (χ3v) is 3.53. The molecule has 1 atom stereocenters. The van der Waals surface area contributed by atoms with Crippen LogP contribution in [0.5, 0.6) is 0 Å². The minimum Gasteiger partial charge on any atom is -0.370 e. The molecule has 1 aliphatic heterocycles. The second-order valence-electron chi connectivity index (χ2n) is 4.74. The number of anilines is 1. The molecule has 19 heavy (non-hydrogen) atoms. The van der Waals surface area contributed by atoms with Gasteiger partial charge in [0.1, 0.15) is 11.9 Å². The Kier molecular flexibility index (Phi) is 3.12. The molecular weight excluding hydrogens is 244 g/mol. The Balaban J connectivity index is 2.11. The average molecular weight is 262 g/mol. The molecule has 102 valence electrons. The normalized spacial score (nSPS) is 18.6. The summed E-state index contributed by atoms with van der Waals surface area (Å²) in [6.45, 7) is 2.85. The van der Waals surface area contributed by atoms with Crippen molar-refractivity contribution in [3.63, 3.8) is 0 Å². The summed E-state index contributed by atoms with van der Waals surface area (Å²) in [7, 11) is 3.31. The Morgan fingerprint density at radius 1 is 1.37 bits per heavy atom. The van der Waals surface area contributed by atoms with Crippen molar-refractivity contribution in [3.8, 4) is 0 Å². The van der Waals surface area contributed by atoms with E-state index < -0.39 is 0 Å². The lowest BCUT2D eigenvalue weighted by atomic mass is 10.1. The predicted molar refractivity (Wildman–Crippen MR) is 72.2 cm³/mol. The summed E-state index contributed by atoms with van der Waals surface area (Å²) in [5, 5.41) is 9.03. The van der Waals surface area contributed by atoms with Gasteiger partial charge in [-0.3, -0.25) is 0 Å². The molecule has 3 heterocycles. The van der Waals surface area contributed by atoms with Gasteiger partial charge in [0.25, 0.3) is 0 Å². The van der Waals surface area contributed by atoms with Gasteiger partial charge in [0.05, 0.1) is 5.39 Å². The van der Waals surface area contributed by atoms with Gasteiger partial charge >= 0.3 is 0 Å². The Hall–Kier alpha value is -1.66. The summed E-state index contributed by atoms with van der Waals surface area (Å²) in [6, 6.07) is 4.13. The van der Waals surface area contributed by atoms with Crippen molar-refractivity contribution in [3.05, 3.63) is 17.8 Å². The van der Waals surface area contributed by atoms with Crippen LogP contribution in [0, 0.1) is 6.92 Å². The predicted octanol–water partition coefficient (Wildman–Crippen LogP) is 1.72. The molecule has 0 saturated heterocycles. The number of aromatic nitrogens is 3. The topological polar surface area (TPSA) is 61.2 Å². The van der Waals surface area contributed by atoms with Gasteiger partial charge in [0.2, 0.25) is 0 Å². The molecule has 6 heteroatoms. The largest absolute Gasteiger partial charge is 0.370 e. The van der Waals surface area contributed by atoms with Crippen molar-refractivity contribution in [1.29, 1.82) is 0 Å². The third-order valence-electron chi connectivity index (χ3n) is 3.53. The highest BCUT2D eigenvalue weighted by Gasteiger charge is 2.30. The van der Waals surface area contributed by atoms with Crippen molar-refractivity contribution in [2.24, 2.45) is 0 Å². The van der Waals surface area contributed by atoms with Crippen LogP contribution in [0.4, 0.5) is 5.82 Å². The summed E-state index contributed by atoms with van der Waals surface area (Å²) in [5.74, 6) is 0.998. The number of fused-ring (bicyclic) bond motifs is 3. The minimum absolute atomic E-state index is 0.0701. The van der Waals surface area contributed by atoms with E-state index in [2.05, 4.69) is 21.5 Å². The van der Waals surface area contributed by atoms with Gasteiger partial charge in [-0.25, -0.2) is 9.67 Å². The van der Waals surface area contributed by atoms with Gasteiger partial charge < -0.3 is 14.8 Å². The van der Waals surface area contributed by atoms with E-state index in [0.29, 0.717) is 0 Å². The molecule has 0 spiro atoms. The Bertz CT molecular complexity index is 592. The monoisotopic (exact) mass is 262 g/mol. The number of hydrogen-bond acceptors (Lipinski definition) is 5. The molecule has 6 nitrogen and oxygen atoms in total. The highest BCUT2D eigenvalue weighted by molar-refractivity contribution is 5.87. The number of aryl methyl sites for hydroxylation is 1. The molecule has 2 aromatic heterocycles. The molecule has 2 aromatic rings. The molecule has 1 unspecified atom stereocenters. The van der Waals surface area contributed by atoms with Gasteiger partial charge in [-0.2, -0.15) is 0 Å². The van der Waals surface area contributed by atoms with E-state index in [9.17, 15) is 0 Å². The molecule has 1 N–H and O–H groups in total. The van der Waals surface area contributed by atoms with E-state index >= 15 is 0 Å². The van der Waals surface area contributed by atoms with E-state index in [4.69, 9.17) is 9.47 Å². The van der Waals surface area contributed by atoms with Crippen molar-refractivity contribution in [2.75, 3.05) is 26.1 Å². The lowest BCUT2D eigenvalue weighted by Crippen LogP contribution is -2.34. The quantitative estimate of drug-likeness (QED) is 0.853. The van der Waals surface area contributed by atoms with E-state index in [0.717, 1.165) is 35.5 Å². The van der Waals surface area contributed by atoms with Crippen LogP contribution in [0.2, 0.25) is 0 Å². The molecular formula is C13H18N4O2. The molecule has 0 bridgehead atoms. The maximum absolute atomic E-state index is 5.38. The zero-order valence-electron chi connectivity index (χ0n) is 11.4. The zero-order chi connectivity index (χ0) is 13.4. The lowest BCUT2D eigenvalue weighted by molar-refractivity contribution is -0.135. The Labute approximate surface area is 111 Å². The first-order valence-electron chi connectivity index (χ1n) is 6.40. The van der Waals surface area contributed by atoms with Gasteiger partial charge in [-0.1, -0.05) is 0 Å². The second kappa shape index (κ2) is 4.79. The fraction of sp³-hybridized carbons (Fsp3) is 0.538. The maximum atomic E-state index is 5.38. The first kappa shape index (κ1) is 12.4. The fourth-order valence-electron chi connectivity index (χ4n) is 2.62. The highest BCUT2D eigenvalue weighted by atomic mass is 16.7. The van der Waals surface area contributed by atoms with Crippen LogP contribution in [0.1, 0.15) is 18.2 Å². The highest BCUT2D eigenvalue weighted by Crippen LogP contribution is 2.32. The fourth-order valence-corrected chi connectivity index (χ4v) is 2.62. The van der Waals surface area contributed by atoms with Crippen LogP contribution in [0.25, 0.3) is 11.0 Å². The van der Waals surface area contributed by atoms with Gasteiger partial charge in [-0.05, 0) is 25.5 Å². The number of hydrogen-bond donors (Lipinski definition) is 1. The second-order valence-corrected chi connectivity index (χ2v) is 4.74. The molecule has 0 saturated carbocycles. The van der Waals surface area contributed by atoms with Crippen LogP contribution in [0.15, 0.2) is 12.1 Å². The molecule has 0 aromatic carbocycles. The van der Waals surface area contributed by atoms with Crippen LogP contribution < -0.4 is 5.32 Å². The SMILES string of the molecule is COC(OC)C1CCNc2c3ccc(C)nc3nn21. The average Bonchev–Trinajstić information content (AvgIpc) is 2.78. The van der Waals surface area contributed by atoms with Gasteiger partial charge in [-0.15, -0.1) is 5.10 Å². The standard InChI is InChI=1S/C13H18N4O2/c1-8-4-5-9-11(15-8)16-17-10(13(18-2)19-3)6-7-14-12(9)17/h4-5,10,13-14H,6-7H2,1-3H3. The first-order valence-corrected chi connectivity index (χ1v) is 6.40. The van der Waals surface area contributed by atoms with Gasteiger partial charge in [0, 0.05) is 26.5 Å². The number of nitrogens with zero attached hydrogens (tertiary/aromatic N) is 3. The summed E-state index contributed by atoms with van der Waals surface area (Å²) in [6.07, 6.45) is 0.614. The molecule has 3 rings (SSSR count). The summed E-state index contributed by atoms with van der Waals surface area (Å²) >= 11 is 0. The lowest BCUT2D eigenvalue weighted by Gasteiger charge is -2.30.